The second-order valence-corrected chi connectivity index (χ2v) is 5.73. The normalized spacial score (nSPS) is 20.2. The summed E-state index contributed by atoms with van der Waals surface area (Å²) in [6.45, 7) is 10.2. The molecule has 0 atom stereocenters. The number of hydrogen-bond acceptors (Lipinski definition) is 4. The summed E-state index contributed by atoms with van der Waals surface area (Å²) in [7, 11) is 0. The summed E-state index contributed by atoms with van der Waals surface area (Å²) in [5.74, 6) is -0.165. The Morgan fingerprint density at radius 3 is 2.44 bits per heavy atom. The number of aliphatic imine (C=N–C) groups is 1. The van der Waals surface area contributed by atoms with Crippen molar-refractivity contribution in [2.75, 3.05) is 6.54 Å². The van der Waals surface area contributed by atoms with Crippen molar-refractivity contribution in [2.24, 2.45) is 4.99 Å². The number of nitrogens with zero attached hydrogens (tertiary/aromatic N) is 2. The summed E-state index contributed by atoms with van der Waals surface area (Å²) in [5.41, 5.74) is 4.18. The molecule has 1 amide bonds. The molecule has 0 saturated carbocycles. The molecule has 3 rings (SSSR count). The van der Waals surface area contributed by atoms with Crippen LogP contribution in [0, 0.1) is 0 Å². The van der Waals surface area contributed by atoms with E-state index in [1.54, 1.807) is 0 Å². The summed E-state index contributed by atoms with van der Waals surface area (Å²) in [6.07, 6.45) is 5.17. The third kappa shape index (κ3) is 3.88. The average molecular weight is 339 g/mol. The Bertz CT molecular complexity index is 709. The molecule has 2 N–H and O–H groups in total. The van der Waals surface area contributed by atoms with Gasteiger partial charge in [0, 0.05) is 24.2 Å². The topological polar surface area (TPSA) is 64.9 Å². The molecule has 0 bridgehead atoms. The van der Waals surface area contributed by atoms with E-state index >= 15 is 0 Å². The number of rotatable bonds is 3. The van der Waals surface area contributed by atoms with Crippen molar-refractivity contribution in [3.8, 4) is 0 Å². The Morgan fingerprint density at radius 2 is 1.92 bits per heavy atom. The van der Waals surface area contributed by atoms with Gasteiger partial charge in [-0.2, -0.15) is 5.06 Å². The molecule has 5 heteroatoms. The molecule has 0 radical (unpaired) electrons. The molecule has 0 unspecified atom stereocenters. The maximum absolute atomic E-state index is 12.0. The van der Waals surface area contributed by atoms with Gasteiger partial charge in [-0.05, 0) is 37.8 Å². The van der Waals surface area contributed by atoms with Crippen molar-refractivity contribution in [3.63, 3.8) is 0 Å². The monoisotopic (exact) mass is 339 g/mol. The predicted molar refractivity (Wildman–Crippen MR) is 100 cm³/mol. The number of hydrogen-bond donors (Lipinski definition) is 2. The summed E-state index contributed by atoms with van der Waals surface area (Å²) >= 11 is 0. The highest BCUT2D eigenvalue weighted by Crippen LogP contribution is 2.25. The highest BCUT2D eigenvalue weighted by atomic mass is 16.5. The zero-order chi connectivity index (χ0) is 18.4. The van der Waals surface area contributed by atoms with Gasteiger partial charge in [-0.1, -0.05) is 30.3 Å². The highest BCUT2D eigenvalue weighted by Gasteiger charge is 2.30. The van der Waals surface area contributed by atoms with Crippen molar-refractivity contribution in [2.45, 2.75) is 32.7 Å². The first kappa shape index (κ1) is 18.7. The smallest absolute Gasteiger partial charge is 0.278 e. The molecule has 2 aliphatic rings. The van der Waals surface area contributed by atoms with Gasteiger partial charge in [-0.3, -0.25) is 15.0 Å². The van der Waals surface area contributed by atoms with Crippen LogP contribution in [0.4, 0.5) is 0 Å². The van der Waals surface area contributed by atoms with Crippen LogP contribution >= 0.6 is 0 Å². The second kappa shape index (κ2) is 8.44. The second-order valence-electron chi connectivity index (χ2n) is 5.73. The first-order valence-corrected chi connectivity index (χ1v) is 8.43. The maximum atomic E-state index is 12.0. The average Bonchev–Trinajstić information content (AvgIpc) is 3.03. The van der Waals surface area contributed by atoms with Crippen molar-refractivity contribution < 1.29 is 10.0 Å². The van der Waals surface area contributed by atoms with Crippen LogP contribution in [0.15, 0.2) is 65.8 Å². The fourth-order valence-corrected chi connectivity index (χ4v) is 3.19. The summed E-state index contributed by atoms with van der Waals surface area (Å²) < 4.78 is 0. The standard InChI is InChI=1S/C18H21N3O2.C2H4/c1-3-15-16(11-17(22)21(23)18(15)19-4-2)20-14-9-12-7-5-6-8-13(12)10-14;1-2/h3,5-8,11,14,20,23H,4,9-10H2,1-2H3;1-2H2/b15-3-,19-18?;. The summed E-state index contributed by atoms with van der Waals surface area (Å²) in [4.78, 5) is 16.2. The first-order chi connectivity index (χ1) is 12.1. The number of benzene rings is 1. The van der Waals surface area contributed by atoms with Crippen LogP contribution in [-0.2, 0) is 17.6 Å². The van der Waals surface area contributed by atoms with Crippen LogP contribution in [0.25, 0.3) is 0 Å². The Hall–Kier alpha value is -2.66. The molecule has 0 saturated heterocycles. The van der Waals surface area contributed by atoms with Gasteiger partial charge in [0.05, 0.1) is 5.70 Å². The lowest BCUT2D eigenvalue weighted by molar-refractivity contribution is -0.143. The molecule has 0 spiro atoms. The third-order valence-electron chi connectivity index (χ3n) is 4.22. The molecule has 1 aromatic rings. The van der Waals surface area contributed by atoms with E-state index in [1.807, 2.05) is 19.9 Å². The van der Waals surface area contributed by atoms with E-state index in [1.165, 1.54) is 17.2 Å². The molecule has 1 aliphatic heterocycles. The molecule has 1 aliphatic carbocycles. The van der Waals surface area contributed by atoms with E-state index in [4.69, 9.17) is 0 Å². The van der Waals surface area contributed by atoms with E-state index in [0.29, 0.717) is 17.4 Å². The van der Waals surface area contributed by atoms with E-state index in [-0.39, 0.29) is 6.04 Å². The quantitative estimate of drug-likeness (QED) is 0.657. The number of allylic oxidation sites excluding steroid dienone is 1. The van der Waals surface area contributed by atoms with Gasteiger partial charge in [0.2, 0.25) is 0 Å². The van der Waals surface area contributed by atoms with Gasteiger partial charge in [0.25, 0.3) is 5.91 Å². The minimum Gasteiger partial charge on any atom is -0.381 e. The number of fused-ring (bicyclic) bond motifs is 1. The lowest BCUT2D eigenvalue weighted by Crippen LogP contribution is -2.42. The van der Waals surface area contributed by atoms with Gasteiger partial charge >= 0.3 is 0 Å². The van der Waals surface area contributed by atoms with Crippen LogP contribution in [0.5, 0.6) is 0 Å². The molecule has 1 heterocycles. The Morgan fingerprint density at radius 1 is 1.32 bits per heavy atom. The lowest BCUT2D eigenvalue weighted by atomic mass is 10.0. The van der Waals surface area contributed by atoms with E-state index in [9.17, 15) is 10.0 Å². The largest absolute Gasteiger partial charge is 0.381 e. The van der Waals surface area contributed by atoms with Crippen molar-refractivity contribution in [1.82, 2.24) is 10.4 Å². The molecule has 25 heavy (non-hydrogen) atoms. The maximum Gasteiger partial charge on any atom is 0.278 e. The van der Waals surface area contributed by atoms with Crippen LogP contribution in [-0.4, -0.2) is 34.6 Å². The molecule has 0 aromatic heterocycles. The summed E-state index contributed by atoms with van der Waals surface area (Å²) in [6, 6.07) is 8.64. The van der Waals surface area contributed by atoms with Crippen molar-refractivity contribution >= 4 is 11.7 Å². The fourth-order valence-electron chi connectivity index (χ4n) is 3.19. The molecular weight excluding hydrogens is 314 g/mol. The van der Waals surface area contributed by atoms with Gasteiger partial charge < -0.3 is 5.32 Å². The molecule has 1 aromatic carbocycles. The third-order valence-corrected chi connectivity index (χ3v) is 4.22. The predicted octanol–water partition coefficient (Wildman–Crippen LogP) is 3.03. The molecule has 132 valence electrons. The molecule has 5 nitrogen and oxygen atoms in total. The van der Waals surface area contributed by atoms with Crippen molar-refractivity contribution in [1.29, 1.82) is 0 Å². The van der Waals surface area contributed by atoms with Gasteiger partial charge in [0.1, 0.15) is 0 Å². The number of carbonyl (C=O) groups is 1. The van der Waals surface area contributed by atoms with Crippen molar-refractivity contribution in [3.05, 3.63) is 72.0 Å². The number of hydroxylamine groups is 2. The Kier molecular flexibility index (Phi) is 6.31. The van der Waals surface area contributed by atoms with E-state index < -0.39 is 5.91 Å². The Labute approximate surface area is 149 Å². The van der Waals surface area contributed by atoms with Gasteiger partial charge in [-0.25, -0.2) is 0 Å². The highest BCUT2D eigenvalue weighted by molar-refractivity contribution is 6.15. The van der Waals surface area contributed by atoms with Crippen LogP contribution in [0.1, 0.15) is 25.0 Å². The van der Waals surface area contributed by atoms with Gasteiger partial charge in [0.15, 0.2) is 5.84 Å². The number of carbonyl (C=O) groups excluding carboxylic acids is 1. The first-order valence-electron chi connectivity index (χ1n) is 8.43. The number of amidine groups is 1. The van der Waals surface area contributed by atoms with Gasteiger partial charge in [-0.15, -0.1) is 13.2 Å². The Balaban J connectivity index is 0.00000109. The van der Waals surface area contributed by atoms with E-state index in [2.05, 4.69) is 47.7 Å². The van der Waals surface area contributed by atoms with Crippen LogP contribution in [0.2, 0.25) is 0 Å². The number of nitrogens with one attached hydrogen (secondary N) is 1. The zero-order valence-electron chi connectivity index (χ0n) is 14.8. The van der Waals surface area contributed by atoms with Crippen LogP contribution < -0.4 is 5.32 Å². The molecule has 0 fully saturated rings. The van der Waals surface area contributed by atoms with Crippen LogP contribution in [0.3, 0.4) is 0 Å². The SMILES string of the molecule is C/C=C1/C(NC2Cc3ccccc3C2)=CC(=O)N(O)C1=NCC.C=C. The fraction of sp³-hybridized carbons (Fsp3) is 0.300. The minimum atomic E-state index is -0.471. The lowest BCUT2D eigenvalue weighted by Gasteiger charge is -2.27. The number of amides is 1. The van der Waals surface area contributed by atoms with E-state index in [0.717, 1.165) is 24.1 Å². The minimum absolute atomic E-state index is 0.245. The summed E-state index contributed by atoms with van der Waals surface area (Å²) in [5, 5.41) is 14.0. The zero-order valence-corrected chi connectivity index (χ0v) is 14.8. The molecular formula is C20H25N3O2.